The van der Waals surface area contributed by atoms with Crippen LogP contribution in [0, 0.1) is 12.7 Å². The molecule has 1 aromatic heterocycles. The topological polar surface area (TPSA) is 116 Å². The van der Waals surface area contributed by atoms with Crippen LogP contribution in [0.15, 0.2) is 60.7 Å². The molecule has 0 bridgehead atoms. The summed E-state index contributed by atoms with van der Waals surface area (Å²) in [5, 5.41) is 16.3. The maximum absolute atomic E-state index is 13.0. The number of hydrogen-bond donors (Lipinski definition) is 4. The van der Waals surface area contributed by atoms with Gasteiger partial charge >= 0.3 is 12.1 Å². The standard InChI is InChI=1S/C22H24FN5O.C2HF3O2/c1-16-15-20(24-14-12-21(29)27-19-5-3-2-4-6-19)28-22(26-16)25-13-11-17-7-9-18(23)10-8-17;3-2(4,5)1(6)7/h2-10,15H,11-14H2,1H3,(H,27,29)(H2,24,25,26,28);(H,6,7). The highest BCUT2D eigenvalue weighted by molar-refractivity contribution is 5.90. The molecular weight excluding hydrogens is 482 g/mol. The summed E-state index contributed by atoms with van der Waals surface area (Å²) in [4.78, 5) is 29.7. The van der Waals surface area contributed by atoms with Crippen LogP contribution in [0.3, 0.4) is 0 Å². The van der Waals surface area contributed by atoms with E-state index in [2.05, 4.69) is 25.9 Å². The van der Waals surface area contributed by atoms with Crippen LogP contribution in [0.4, 0.5) is 35.0 Å². The van der Waals surface area contributed by atoms with Gasteiger partial charge in [0.2, 0.25) is 11.9 Å². The lowest BCUT2D eigenvalue weighted by Crippen LogP contribution is -2.21. The molecule has 192 valence electrons. The summed E-state index contributed by atoms with van der Waals surface area (Å²) in [5.74, 6) is -1.88. The molecule has 0 radical (unpaired) electrons. The quantitative estimate of drug-likeness (QED) is 0.312. The number of carbonyl (C=O) groups is 2. The molecule has 0 atom stereocenters. The number of carboxylic acid groups (broad SMARTS) is 1. The Morgan fingerprint density at radius 1 is 0.944 bits per heavy atom. The molecular formula is C24H25F4N5O3. The van der Waals surface area contributed by atoms with Crippen molar-refractivity contribution >= 4 is 29.3 Å². The zero-order valence-corrected chi connectivity index (χ0v) is 19.3. The monoisotopic (exact) mass is 507 g/mol. The highest BCUT2D eigenvalue weighted by Gasteiger charge is 2.38. The number of alkyl halides is 3. The van der Waals surface area contributed by atoms with Crippen molar-refractivity contribution < 1.29 is 32.3 Å². The lowest BCUT2D eigenvalue weighted by atomic mass is 10.1. The fourth-order valence-electron chi connectivity index (χ4n) is 2.76. The van der Waals surface area contributed by atoms with Crippen molar-refractivity contribution in [3.63, 3.8) is 0 Å². The third-order valence-corrected chi connectivity index (χ3v) is 4.42. The first-order valence-electron chi connectivity index (χ1n) is 10.8. The highest BCUT2D eigenvalue weighted by Crippen LogP contribution is 2.13. The summed E-state index contributed by atoms with van der Waals surface area (Å²) in [5.41, 5.74) is 2.64. The molecule has 3 aromatic rings. The first-order chi connectivity index (χ1) is 17.0. The maximum atomic E-state index is 13.0. The van der Waals surface area contributed by atoms with E-state index in [4.69, 9.17) is 9.90 Å². The number of nitrogens with one attached hydrogen (secondary N) is 3. The first-order valence-corrected chi connectivity index (χ1v) is 10.8. The fraction of sp³-hybridized carbons (Fsp3) is 0.250. The zero-order chi connectivity index (χ0) is 26.6. The average molecular weight is 507 g/mol. The normalized spacial score (nSPS) is 10.6. The van der Waals surface area contributed by atoms with Gasteiger partial charge in [0.15, 0.2) is 0 Å². The van der Waals surface area contributed by atoms with Crippen molar-refractivity contribution in [3.05, 3.63) is 77.7 Å². The second-order valence-corrected chi connectivity index (χ2v) is 7.42. The predicted molar refractivity (Wildman–Crippen MR) is 127 cm³/mol. The van der Waals surface area contributed by atoms with E-state index in [1.54, 1.807) is 12.1 Å². The summed E-state index contributed by atoms with van der Waals surface area (Å²) in [6, 6.07) is 17.6. The highest BCUT2D eigenvalue weighted by atomic mass is 19.4. The molecule has 0 aliphatic rings. The molecule has 0 fully saturated rings. The van der Waals surface area contributed by atoms with Crippen LogP contribution < -0.4 is 16.0 Å². The Balaban J connectivity index is 0.000000572. The number of benzene rings is 2. The molecule has 3 rings (SSSR count). The summed E-state index contributed by atoms with van der Waals surface area (Å²) in [6.45, 7) is 2.98. The van der Waals surface area contributed by atoms with Gasteiger partial charge in [0.1, 0.15) is 11.6 Å². The Labute approximate surface area is 204 Å². The van der Waals surface area contributed by atoms with Crippen molar-refractivity contribution in [2.75, 3.05) is 29.0 Å². The number of para-hydroxylation sites is 1. The van der Waals surface area contributed by atoms with Gasteiger partial charge in [-0.2, -0.15) is 18.2 Å². The predicted octanol–water partition coefficient (Wildman–Crippen LogP) is 4.65. The Morgan fingerprint density at radius 2 is 1.58 bits per heavy atom. The molecule has 0 aliphatic carbocycles. The van der Waals surface area contributed by atoms with Gasteiger partial charge in [0.05, 0.1) is 0 Å². The number of amides is 1. The molecule has 36 heavy (non-hydrogen) atoms. The van der Waals surface area contributed by atoms with Crippen molar-refractivity contribution in [1.82, 2.24) is 9.97 Å². The Kier molecular flexibility index (Phi) is 10.6. The van der Waals surface area contributed by atoms with Crippen LogP contribution in [0.25, 0.3) is 0 Å². The van der Waals surface area contributed by atoms with E-state index in [1.165, 1.54) is 12.1 Å². The van der Waals surface area contributed by atoms with E-state index in [9.17, 15) is 22.4 Å². The van der Waals surface area contributed by atoms with Crippen molar-refractivity contribution in [3.8, 4) is 0 Å². The van der Waals surface area contributed by atoms with E-state index in [-0.39, 0.29) is 11.7 Å². The smallest absolute Gasteiger partial charge is 0.475 e. The third kappa shape index (κ3) is 10.8. The van der Waals surface area contributed by atoms with Crippen LogP contribution in [0.2, 0.25) is 0 Å². The maximum Gasteiger partial charge on any atom is 0.490 e. The van der Waals surface area contributed by atoms with Gasteiger partial charge in [-0.1, -0.05) is 30.3 Å². The SMILES string of the molecule is Cc1cc(NCCC(=O)Nc2ccccc2)nc(NCCc2ccc(F)cc2)n1.O=C(O)C(F)(F)F. The number of aromatic nitrogens is 2. The Morgan fingerprint density at radius 3 is 2.19 bits per heavy atom. The summed E-state index contributed by atoms with van der Waals surface area (Å²) < 4.78 is 44.7. The zero-order valence-electron chi connectivity index (χ0n) is 19.3. The van der Waals surface area contributed by atoms with Gasteiger partial charge < -0.3 is 21.1 Å². The Bertz CT molecular complexity index is 1130. The molecule has 1 heterocycles. The van der Waals surface area contributed by atoms with Gasteiger partial charge in [-0.05, 0) is 43.2 Å². The molecule has 8 nitrogen and oxygen atoms in total. The minimum absolute atomic E-state index is 0.0628. The van der Waals surface area contributed by atoms with Gasteiger partial charge in [0, 0.05) is 37.0 Å². The summed E-state index contributed by atoms with van der Waals surface area (Å²) >= 11 is 0. The number of carbonyl (C=O) groups excluding carboxylic acids is 1. The molecule has 0 unspecified atom stereocenters. The molecule has 12 heteroatoms. The summed E-state index contributed by atoms with van der Waals surface area (Å²) in [7, 11) is 0. The molecule has 0 spiro atoms. The summed E-state index contributed by atoms with van der Waals surface area (Å²) in [6.07, 6.45) is -4.02. The molecule has 4 N–H and O–H groups in total. The van der Waals surface area contributed by atoms with Crippen molar-refractivity contribution in [2.45, 2.75) is 25.9 Å². The molecule has 0 saturated heterocycles. The molecule has 0 saturated carbocycles. The van der Waals surface area contributed by atoms with Gasteiger partial charge in [-0.25, -0.2) is 14.2 Å². The number of anilines is 3. The van der Waals surface area contributed by atoms with E-state index in [1.807, 2.05) is 43.3 Å². The number of carboxylic acids is 1. The largest absolute Gasteiger partial charge is 0.490 e. The third-order valence-electron chi connectivity index (χ3n) is 4.42. The van der Waals surface area contributed by atoms with Gasteiger partial charge in [0.25, 0.3) is 0 Å². The first kappa shape index (κ1) is 28.0. The number of rotatable bonds is 9. The number of aryl methyl sites for hydroxylation is 1. The number of aliphatic carboxylic acids is 1. The van der Waals surface area contributed by atoms with Gasteiger partial charge in [-0.15, -0.1) is 0 Å². The minimum Gasteiger partial charge on any atom is -0.475 e. The van der Waals surface area contributed by atoms with E-state index in [0.717, 1.165) is 23.4 Å². The molecule has 0 aliphatic heterocycles. The average Bonchev–Trinajstić information content (AvgIpc) is 2.80. The van der Waals surface area contributed by atoms with E-state index in [0.29, 0.717) is 31.3 Å². The van der Waals surface area contributed by atoms with Crippen LogP contribution in [-0.2, 0) is 16.0 Å². The van der Waals surface area contributed by atoms with Crippen LogP contribution in [0.5, 0.6) is 0 Å². The van der Waals surface area contributed by atoms with E-state index < -0.39 is 12.1 Å². The number of halogens is 4. The van der Waals surface area contributed by atoms with Crippen LogP contribution in [-0.4, -0.2) is 46.2 Å². The van der Waals surface area contributed by atoms with Crippen molar-refractivity contribution in [1.29, 1.82) is 0 Å². The second-order valence-electron chi connectivity index (χ2n) is 7.42. The van der Waals surface area contributed by atoms with Crippen LogP contribution in [0.1, 0.15) is 17.7 Å². The number of nitrogens with zero attached hydrogens (tertiary/aromatic N) is 2. The fourth-order valence-corrected chi connectivity index (χ4v) is 2.76. The van der Waals surface area contributed by atoms with Crippen molar-refractivity contribution in [2.24, 2.45) is 0 Å². The van der Waals surface area contributed by atoms with Crippen LogP contribution >= 0.6 is 0 Å². The Hall–Kier alpha value is -4.22. The number of hydrogen-bond acceptors (Lipinski definition) is 6. The minimum atomic E-state index is -5.08. The lowest BCUT2D eigenvalue weighted by Gasteiger charge is -2.10. The second kappa shape index (κ2) is 13.6. The molecule has 2 aromatic carbocycles. The lowest BCUT2D eigenvalue weighted by molar-refractivity contribution is -0.192. The molecule has 1 amide bonds. The van der Waals surface area contributed by atoms with E-state index >= 15 is 0 Å². The van der Waals surface area contributed by atoms with Gasteiger partial charge in [-0.3, -0.25) is 4.79 Å².